The first kappa shape index (κ1) is 12.5. The predicted octanol–water partition coefficient (Wildman–Crippen LogP) is 4.49. The minimum absolute atomic E-state index is 0.221. The van der Waals surface area contributed by atoms with E-state index in [-0.39, 0.29) is 5.41 Å². The highest BCUT2D eigenvalue weighted by Gasteiger charge is 2.41. The van der Waals surface area contributed by atoms with Crippen LogP contribution in [0, 0.1) is 11.3 Å². The highest BCUT2D eigenvalue weighted by Crippen LogP contribution is 2.51. The Kier molecular flexibility index (Phi) is 3.20. The van der Waals surface area contributed by atoms with Crippen LogP contribution in [0.5, 0.6) is 0 Å². The van der Waals surface area contributed by atoms with E-state index >= 15 is 0 Å². The third-order valence-corrected chi connectivity index (χ3v) is 4.11. The molecular formula is C16H25N. The summed E-state index contributed by atoms with van der Waals surface area (Å²) in [5.41, 5.74) is 4.82. The van der Waals surface area contributed by atoms with E-state index < -0.39 is 0 Å². The topological polar surface area (TPSA) is 3.24 Å². The average Bonchev–Trinajstić information content (AvgIpc) is 2.48. The summed E-state index contributed by atoms with van der Waals surface area (Å²) >= 11 is 0. The van der Waals surface area contributed by atoms with Crippen LogP contribution >= 0.6 is 0 Å². The van der Waals surface area contributed by atoms with Crippen LogP contribution in [0.3, 0.4) is 0 Å². The van der Waals surface area contributed by atoms with Crippen molar-refractivity contribution in [3.8, 4) is 0 Å². The second-order valence-electron chi connectivity index (χ2n) is 5.85. The minimum Gasteiger partial charge on any atom is -0.345 e. The molecule has 0 aromatic rings. The van der Waals surface area contributed by atoms with Crippen LogP contribution in [0.2, 0.25) is 0 Å². The summed E-state index contributed by atoms with van der Waals surface area (Å²) in [6.07, 6.45) is 9.42. The van der Waals surface area contributed by atoms with Gasteiger partial charge in [0, 0.05) is 23.4 Å². The normalized spacial score (nSPS) is 29.1. The second kappa shape index (κ2) is 4.36. The Bertz CT molecular complexity index is 396. The number of allylic oxidation sites excluding steroid dienone is 4. The highest BCUT2D eigenvalue weighted by atomic mass is 15.2. The Hall–Kier alpha value is -0.980. The third-order valence-electron chi connectivity index (χ3n) is 4.11. The zero-order valence-electron chi connectivity index (χ0n) is 11.9. The van der Waals surface area contributed by atoms with Gasteiger partial charge < -0.3 is 4.90 Å². The second-order valence-corrected chi connectivity index (χ2v) is 5.85. The molecule has 0 aromatic heterocycles. The molecule has 1 heterocycles. The Morgan fingerprint density at radius 3 is 2.76 bits per heavy atom. The molecule has 0 N–H and O–H groups in total. The van der Waals surface area contributed by atoms with Gasteiger partial charge in [-0.2, -0.15) is 0 Å². The molecule has 0 spiro atoms. The van der Waals surface area contributed by atoms with Crippen molar-refractivity contribution in [2.75, 3.05) is 6.54 Å². The van der Waals surface area contributed by atoms with Gasteiger partial charge in [-0.05, 0) is 37.3 Å². The van der Waals surface area contributed by atoms with Crippen molar-refractivity contribution < 1.29 is 0 Å². The van der Waals surface area contributed by atoms with Crippen LogP contribution in [0.1, 0.15) is 47.5 Å². The Labute approximate surface area is 106 Å². The van der Waals surface area contributed by atoms with E-state index in [0.717, 1.165) is 6.54 Å². The van der Waals surface area contributed by atoms with Crippen molar-refractivity contribution in [1.82, 2.24) is 4.90 Å². The lowest BCUT2D eigenvalue weighted by Crippen LogP contribution is -2.23. The molecule has 0 saturated heterocycles. The van der Waals surface area contributed by atoms with Crippen molar-refractivity contribution in [2.45, 2.75) is 47.5 Å². The molecule has 2 rings (SSSR count). The van der Waals surface area contributed by atoms with Gasteiger partial charge in [0.15, 0.2) is 0 Å². The summed E-state index contributed by atoms with van der Waals surface area (Å²) < 4.78 is 0. The molecule has 0 saturated carbocycles. The fourth-order valence-electron chi connectivity index (χ4n) is 3.28. The molecular weight excluding hydrogens is 206 g/mol. The fourth-order valence-corrected chi connectivity index (χ4v) is 3.28. The van der Waals surface area contributed by atoms with Gasteiger partial charge in [-0.3, -0.25) is 0 Å². The number of rotatable bonds is 2. The first-order valence-electron chi connectivity index (χ1n) is 6.88. The molecule has 0 fully saturated rings. The molecule has 0 aromatic carbocycles. The Morgan fingerprint density at radius 1 is 1.47 bits per heavy atom. The largest absolute Gasteiger partial charge is 0.345 e. The molecule has 0 bridgehead atoms. The van der Waals surface area contributed by atoms with Gasteiger partial charge in [-0.15, -0.1) is 0 Å². The summed E-state index contributed by atoms with van der Waals surface area (Å²) in [5, 5.41) is 0. The minimum atomic E-state index is 0.221. The maximum atomic E-state index is 2.53. The number of hydrogen-bond donors (Lipinski definition) is 0. The Morgan fingerprint density at radius 2 is 2.18 bits per heavy atom. The van der Waals surface area contributed by atoms with Crippen molar-refractivity contribution >= 4 is 0 Å². The van der Waals surface area contributed by atoms with E-state index in [1.807, 2.05) is 0 Å². The first-order chi connectivity index (χ1) is 8.02. The predicted molar refractivity (Wildman–Crippen MR) is 74.5 cm³/mol. The zero-order valence-corrected chi connectivity index (χ0v) is 11.9. The van der Waals surface area contributed by atoms with Crippen LogP contribution in [0.25, 0.3) is 0 Å². The highest BCUT2D eigenvalue weighted by molar-refractivity contribution is 5.46. The lowest BCUT2D eigenvalue weighted by atomic mass is 9.77. The van der Waals surface area contributed by atoms with Crippen molar-refractivity contribution in [1.29, 1.82) is 0 Å². The summed E-state index contributed by atoms with van der Waals surface area (Å²) in [4.78, 5) is 2.53. The molecule has 1 aliphatic heterocycles. The summed E-state index contributed by atoms with van der Waals surface area (Å²) in [7, 11) is 0. The van der Waals surface area contributed by atoms with Gasteiger partial charge in [0.05, 0.1) is 0 Å². The molecule has 1 atom stereocenters. The van der Waals surface area contributed by atoms with Crippen LogP contribution < -0.4 is 0 Å². The summed E-state index contributed by atoms with van der Waals surface area (Å²) in [6, 6.07) is 0. The summed E-state index contributed by atoms with van der Waals surface area (Å²) in [6.45, 7) is 12.6. The molecule has 1 heteroatoms. The van der Waals surface area contributed by atoms with E-state index in [0.29, 0.717) is 5.92 Å². The lowest BCUT2D eigenvalue weighted by Gasteiger charge is -2.28. The van der Waals surface area contributed by atoms with Crippen molar-refractivity contribution in [3.05, 3.63) is 35.2 Å². The van der Waals surface area contributed by atoms with E-state index in [1.54, 1.807) is 5.57 Å². The van der Waals surface area contributed by atoms with Gasteiger partial charge in [0.1, 0.15) is 0 Å². The van der Waals surface area contributed by atoms with Crippen LogP contribution in [0.15, 0.2) is 35.2 Å². The molecule has 94 valence electrons. The van der Waals surface area contributed by atoms with Gasteiger partial charge in [-0.25, -0.2) is 0 Å². The van der Waals surface area contributed by atoms with E-state index in [1.165, 1.54) is 24.2 Å². The molecule has 1 aliphatic carbocycles. The standard InChI is InChI=1S/C16H25N/c1-6-10-17-14-9-8-12(3)11-13(14)16(4,5)15(17)7-2/h7-9,12H,6,10-11H2,1-5H3/b15-7+. The van der Waals surface area contributed by atoms with E-state index in [9.17, 15) is 0 Å². The monoisotopic (exact) mass is 231 g/mol. The molecule has 17 heavy (non-hydrogen) atoms. The van der Waals surface area contributed by atoms with Crippen LogP contribution in [-0.2, 0) is 0 Å². The zero-order chi connectivity index (χ0) is 12.6. The Balaban J connectivity index is 2.45. The molecule has 0 amide bonds. The van der Waals surface area contributed by atoms with Crippen molar-refractivity contribution in [2.24, 2.45) is 11.3 Å². The molecule has 2 aliphatic rings. The maximum Gasteiger partial charge on any atom is 0.0406 e. The SMILES string of the molecule is C/C=C1/N(CCC)C2=C(CC(C)C=C2)C1(C)C. The van der Waals surface area contributed by atoms with Crippen LogP contribution in [-0.4, -0.2) is 11.4 Å². The van der Waals surface area contributed by atoms with Gasteiger partial charge >= 0.3 is 0 Å². The van der Waals surface area contributed by atoms with E-state index in [2.05, 4.69) is 57.7 Å². The number of hydrogen-bond acceptors (Lipinski definition) is 1. The average molecular weight is 231 g/mol. The molecule has 1 unspecified atom stereocenters. The molecule has 0 radical (unpaired) electrons. The summed E-state index contributed by atoms with van der Waals surface area (Å²) in [5.74, 6) is 0.688. The van der Waals surface area contributed by atoms with E-state index in [4.69, 9.17) is 0 Å². The van der Waals surface area contributed by atoms with Gasteiger partial charge in [0.2, 0.25) is 0 Å². The number of nitrogens with zero attached hydrogens (tertiary/aromatic N) is 1. The quantitative estimate of drug-likeness (QED) is 0.676. The fraction of sp³-hybridized carbons (Fsp3) is 0.625. The lowest BCUT2D eigenvalue weighted by molar-refractivity contribution is 0.386. The van der Waals surface area contributed by atoms with Gasteiger partial charge in [0.25, 0.3) is 0 Å². The van der Waals surface area contributed by atoms with Crippen LogP contribution in [0.4, 0.5) is 0 Å². The first-order valence-corrected chi connectivity index (χ1v) is 6.88. The smallest absolute Gasteiger partial charge is 0.0406 e. The molecule has 1 nitrogen and oxygen atoms in total. The maximum absolute atomic E-state index is 2.53. The van der Waals surface area contributed by atoms with Gasteiger partial charge in [-0.1, -0.05) is 39.8 Å². The third kappa shape index (κ3) is 1.86. The van der Waals surface area contributed by atoms with Crippen molar-refractivity contribution in [3.63, 3.8) is 0 Å².